The monoisotopic (exact) mass is 506 g/mol. The van der Waals surface area contributed by atoms with Crippen molar-refractivity contribution < 1.29 is 9.13 Å². The summed E-state index contributed by atoms with van der Waals surface area (Å²) in [7, 11) is 1.72. The summed E-state index contributed by atoms with van der Waals surface area (Å²) in [6.45, 7) is 7.41. The first-order chi connectivity index (χ1) is 12.5. The molecule has 8 heteroatoms. The first-order valence-corrected chi connectivity index (χ1v) is 9.71. The molecule has 0 fully saturated rings. The average molecular weight is 506 g/mol. The second-order valence-corrected chi connectivity index (χ2v) is 7.15. The predicted octanol–water partition coefficient (Wildman–Crippen LogP) is 4.55. The van der Waals surface area contributed by atoms with Crippen LogP contribution < -0.4 is 15.4 Å². The summed E-state index contributed by atoms with van der Waals surface area (Å²) in [5.41, 5.74) is 1.11. The van der Waals surface area contributed by atoms with Crippen LogP contribution in [0.15, 0.2) is 34.6 Å². The van der Waals surface area contributed by atoms with E-state index >= 15 is 0 Å². The zero-order valence-electron chi connectivity index (χ0n) is 16.2. The van der Waals surface area contributed by atoms with Crippen LogP contribution in [0.4, 0.5) is 4.39 Å². The summed E-state index contributed by atoms with van der Waals surface area (Å²) in [4.78, 5) is 8.82. The van der Waals surface area contributed by atoms with E-state index in [-0.39, 0.29) is 41.6 Å². The van der Waals surface area contributed by atoms with Crippen molar-refractivity contribution in [3.63, 3.8) is 0 Å². The van der Waals surface area contributed by atoms with Gasteiger partial charge in [-0.3, -0.25) is 4.99 Å². The summed E-state index contributed by atoms with van der Waals surface area (Å²) in [5.74, 6) is 1.02. The van der Waals surface area contributed by atoms with Crippen LogP contribution in [0.2, 0.25) is 0 Å². The van der Waals surface area contributed by atoms with E-state index in [9.17, 15) is 4.39 Å². The largest absolute Gasteiger partial charge is 0.486 e. The van der Waals surface area contributed by atoms with Crippen molar-refractivity contribution in [2.45, 2.75) is 45.8 Å². The molecule has 2 aromatic rings. The molecule has 0 saturated carbocycles. The van der Waals surface area contributed by atoms with Crippen LogP contribution in [0.3, 0.4) is 0 Å². The van der Waals surface area contributed by atoms with Crippen LogP contribution in [0.1, 0.15) is 43.8 Å². The summed E-state index contributed by atoms with van der Waals surface area (Å²) in [5, 5.41) is 9.59. The highest BCUT2D eigenvalue weighted by Crippen LogP contribution is 2.18. The maximum atomic E-state index is 13.7. The van der Waals surface area contributed by atoms with Crippen molar-refractivity contribution in [3.05, 3.63) is 46.2 Å². The molecule has 0 aliphatic heterocycles. The number of rotatable bonds is 8. The van der Waals surface area contributed by atoms with E-state index in [4.69, 9.17) is 4.74 Å². The van der Waals surface area contributed by atoms with Gasteiger partial charge in [0.05, 0.1) is 18.8 Å². The van der Waals surface area contributed by atoms with E-state index in [0.717, 1.165) is 17.1 Å². The maximum Gasteiger partial charge on any atom is 0.191 e. The van der Waals surface area contributed by atoms with Crippen LogP contribution in [-0.2, 0) is 6.54 Å². The van der Waals surface area contributed by atoms with Crippen molar-refractivity contribution in [1.29, 1.82) is 0 Å². The minimum atomic E-state index is -0.349. The molecule has 1 aromatic heterocycles. The standard InChI is InChI=1S/C19H27FN4OS.HI/c1-5-14(25-17-9-7-6-8-15(17)20)10-22-19(21-4)23-11-18-24-16(12-26-18)13(2)3;/h6-9,12-14H,5,10-11H2,1-4H3,(H2,21,22,23);1H. The number of nitrogens with one attached hydrogen (secondary N) is 2. The van der Waals surface area contributed by atoms with Gasteiger partial charge < -0.3 is 15.4 Å². The number of guanidine groups is 1. The lowest BCUT2D eigenvalue weighted by Gasteiger charge is -2.20. The molecule has 0 amide bonds. The van der Waals surface area contributed by atoms with Crippen molar-refractivity contribution in [2.24, 2.45) is 4.99 Å². The molecule has 0 saturated heterocycles. The number of para-hydroxylation sites is 1. The van der Waals surface area contributed by atoms with E-state index < -0.39 is 0 Å². The fourth-order valence-corrected chi connectivity index (χ4v) is 3.15. The van der Waals surface area contributed by atoms with Crippen LogP contribution >= 0.6 is 35.3 Å². The molecule has 0 aliphatic rings. The van der Waals surface area contributed by atoms with E-state index in [1.165, 1.54) is 6.07 Å². The van der Waals surface area contributed by atoms with Gasteiger partial charge in [0.2, 0.25) is 0 Å². The van der Waals surface area contributed by atoms with E-state index in [0.29, 0.717) is 25.0 Å². The molecular weight excluding hydrogens is 478 g/mol. The van der Waals surface area contributed by atoms with Gasteiger partial charge in [-0.05, 0) is 24.5 Å². The molecule has 5 nitrogen and oxygen atoms in total. The van der Waals surface area contributed by atoms with Gasteiger partial charge in [-0.2, -0.15) is 0 Å². The Morgan fingerprint density at radius 1 is 1.30 bits per heavy atom. The van der Waals surface area contributed by atoms with Gasteiger partial charge in [0.1, 0.15) is 11.1 Å². The molecule has 0 radical (unpaired) electrons. The minimum Gasteiger partial charge on any atom is -0.486 e. The van der Waals surface area contributed by atoms with Crippen molar-refractivity contribution in [2.75, 3.05) is 13.6 Å². The van der Waals surface area contributed by atoms with Gasteiger partial charge in [0.15, 0.2) is 17.5 Å². The van der Waals surface area contributed by atoms with E-state index in [2.05, 4.69) is 39.8 Å². The van der Waals surface area contributed by atoms with Gasteiger partial charge in [-0.25, -0.2) is 9.37 Å². The first kappa shape index (κ1) is 23.6. The fourth-order valence-electron chi connectivity index (χ4n) is 2.25. The van der Waals surface area contributed by atoms with Crippen molar-refractivity contribution in [1.82, 2.24) is 15.6 Å². The smallest absolute Gasteiger partial charge is 0.191 e. The number of thiazole rings is 1. The number of nitrogens with zero attached hydrogens (tertiary/aromatic N) is 2. The van der Waals surface area contributed by atoms with Crippen LogP contribution in [0, 0.1) is 5.82 Å². The third-order valence-electron chi connectivity index (χ3n) is 3.87. The van der Waals surface area contributed by atoms with Gasteiger partial charge in [-0.1, -0.05) is 32.9 Å². The van der Waals surface area contributed by atoms with Crippen molar-refractivity contribution >= 4 is 41.3 Å². The van der Waals surface area contributed by atoms with Crippen LogP contribution in [0.25, 0.3) is 0 Å². The summed E-state index contributed by atoms with van der Waals surface area (Å²) < 4.78 is 19.5. The van der Waals surface area contributed by atoms with Crippen LogP contribution in [0.5, 0.6) is 5.75 Å². The molecule has 1 unspecified atom stereocenters. The molecule has 1 atom stereocenters. The first-order valence-electron chi connectivity index (χ1n) is 8.83. The lowest BCUT2D eigenvalue weighted by atomic mass is 10.2. The predicted molar refractivity (Wildman–Crippen MR) is 121 cm³/mol. The highest BCUT2D eigenvalue weighted by molar-refractivity contribution is 14.0. The van der Waals surface area contributed by atoms with Gasteiger partial charge in [0, 0.05) is 12.4 Å². The molecular formula is C19H28FIN4OS. The van der Waals surface area contributed by atoms with E-state index in [1.807, 2.05) is 6.92 Å². The fraction of sp³-hybridized carbons (Fsp3) is 0.474. The Bertz CT molecular complexity index is 723. The molecule has 2 N–H and O–H groups in total. The molecule has 0 bridgehead atoms. The minimum absolute atomic E-state index is 0. The molecule has 27 heavy (non-hydrogen) atoms. The zero-order chi connectivity index (χ0) is 18.9. The second-order valence-electron chi connectivity index (χ2n) is 6.21. The Morgan fingerprint density at radius 3 is 2.63 bits per heavy atom. The SMILES string of the molecule is CCC(CNC(=NC)NCc1nc(C(C)C)cs1)Oc1ccccc1F.I. The van der Waals surface area contributed by atoms with Crippen molar-refractivity contribution in [3.8, 4) is 5.75 Å². The summed E-state index contributed by atoms with van der Waals surface area (Å²) in [6.07, 6.45) is 0.598. The van der Waals surface area contributed by atoms with E-state index in [1.54, 1.807) is 36.6 Å². The normalized spacial score (nSPS) is 12.4. The van der Waals surface area contributed by atoms with Gasteiger partial charge >= 0.3 is 0 Å². The summed E-state index contributed by atoms with van der Waals surface area (Å²) in [6, 6.07) is 6.45. The number of aliphatic imine (C=N–C) groups is 1. The molecule has 1 aromatic carbocycles. The number of ether oxygens (including phenoxy) is 1. The van der Waals surface area contributed by atoms with Gasteiger partial charge in [0.25, 0.3) is 0 Å². The Hall–Kier alpha value is -1.42. The third-order valence-corrected chi connectivity index (χ3v) is 4.74. The second kappa shape index (κ2) is 12.1. The molecule has 2 rings (SSSR count). The molecule has 1 heterocycles. The quantitative estimate of drug-likeness (QED) is 0.314. The van der Waals surface area contributed by atoms with Crippen LogP contribution in [-0.4, -0.2) is 30.6 Å². The highest BCUT2D eigenvalue weighted by Gasteiger charge is 2.12. The Balaban J connectivity index is 0.00000364. The molecule has 0 spiro atoms. The number of aromatic nitrogens is 1. The Morgan fingerprint density at radius 2 is 2.04 bits per heavy atom. The topological polar surface area (TPSA) is 58.5 Å². The highest BCUT2D eigenvalue weighted by atomic mass is 127. The lowest BCUT2D eigenvalue weighted by Crippen LogP contribution is -2.42. The molecule has 0 aliphatic carbocycles. The zero-order valence-corrected chi connectivity index (χ0v) is 19.3. The number of halogens is 2. The molecule has 150 valence electrons. The number of benzene rings is 1. The Kier molecular flexibility index (Phi) is 10.6. The third kappa shape index (κ3) is 7.61. The Labute approximate surface area is 181 Å². The maximum absolute atomic E-state index is 13.7. The number of hydrogen-bond donors (Lipinski definition) is 2. The lowest BCUT2D eigenvalue weighted by molar-refractivity contribution is 0.191. The van der Waals surface area contributed by atoms with Gasteiger partial charge in [-0.15, -0.1) is 35.3 Å². The average Bonchev–Trinajstić information content (AvgIpc) is 3.11. The summed E-state index contributed by atoms with van der Waals surface area (Å²) >= 11 is 1.64. The number of hydrogen-bond acceptors (Lipinski definition) is 4.